The van der Waals surface area contributed by atoms with Crippen LogP contribution in [0, 0.1) is 6.92 Å². The summed E-state index contributed by atoms with van der Waals surface area (Å²) in [5.74, 6) is 1.18. The van der Waals surface area contributed by atoms with Gasteiger partial charge in [0.25, 0.3) is 0 Å². The number of nitrogens with zero attached hydrogens (tertiary/aromatic N) is 2. The lowest BCUT2D eigenvalue weighted by molar-refractivity contribution is 1.11. The zero-order chi connectivity index (χ0) is 10.1. The molecule has 0 bridgehead atoms. The van der Waals surface area contributed by atoms with Gasteiger partial charge in [-0.05, 0) is 34.3 Å². The molecule has 2 aromatic rings. The molecule has 0 aliphatic carbocycles. The first-order chi connectivity index (χ1) is 6.68. The number of rotatable bonds is 1. The molecule has 0 saturated heterocycles. The van der Waals surface area contributed by atoms with Crippen LogP contribution in [0.3, 0.4) is 0 Å². The third-order valence-electron chi connectivity index (χ3n) is 1.78. The molecule has 0 unspecified atom stereocenters. The molecule has 0 aromatic carbocycles. The summed E-state index contributed by atoms with van der Waals surface area (Å²) in [6.07, 6.45) is 0. The molecule has 72 valence electrons. The van der Waals surface area contributed by atoms with E-state index in [1.165, 1.54) is 0 Å². The van der Waals surface area contributed by atoms with E-state index in [1.54, 1.807) is 11.3 Å². The van der Waals surface area contributed by atoms with Crippen LogP contribution < -0.4 is 5.73 Å². The van der Waals surface area contributed by atoms with E-state index >= 15 is 0 Å². The molecule has 2 heterocycles. The number of hydrogen-bond donors (Lipinski definition) is 1. The van der Waals surface area contributed by atoms with Gasteiger partial charge in [-0.15, -0.1) is 11.3 Å². The number of aromatic nitrogens is 2. The molecule has 0 aliphatic rings. The van der Waals surface area contributed by atoms with E-state index in [-0.39, 0.29) is 0 Å². The van der Waals surface area contributed by atoms with E-state index in [9.17, 15) is 0 Å². The maximum Gasteiger partial charge on any atom is 0.171 e. The van der Waals surface area contributed by atoms with Crippen LogP contribution in [0.4, 0.5) is 5.82 Å². The van der Waals surface area contributed by atoms with Crippen molar-refractivity contribution in [3.05, 3.63) is 27.7 Å². The fraction of sp³-hybridized carbons (Fsp3) is 0.111. The topological polar surface area (TPSA) is 51.8 Å². The van der Waals surface area contributed by atoms with Crippen molar-refractivity contribution in [2.24, 2.45) is 0 Å². The number of aryl methyl sites for hydroxylation is 1. The highest BCUT2D eigenvalue weighted by Gasteiger charge is 2.08. The first kappa shape index (κ1) is 9.61. The largest absolute Gasteiger partial charge is 0.383 e. The molecule has 0 radical (unpaired) electrons. The lowest BCUT2D eigenvalue weighted by Gasteiger charge is -2.03. The van der Waals surface area contributed by atoms with Crippen LogP contribution in [-0.4, -0.2) is 9.97 Å². The summed E-state index contributed by atoms with van der Waals surface area (Å²) in [7, 11) is 0. The van der Waals surface area contributed by atoms with Crippen molar-refractivity contribution in [3.8, 4) is 10.7 Å². The fourth-order valence-corrected chi connectivity index (χ4v) is 1.93. The minimum absolute atomic E-state index is 0.487. The molecular weight excluding hydrogens is 262 g/mol. The Labute approximate surface area is 94.1 Å². The second kappa shape index (κ2) is 3.67. The van der Waals surface area contributed by atoms with E-state index in [1.807, 2.05) is 24.4 Å². The maximum absolute atomic E-state index is 5.73. The quantitative estimate of drug-likeness (QED) is 0.866. The number of nitrogen functional groups attached to an aromatic ring is 1. The smallest absolute Gasteiger partial charge is 0.171 e. The Hall–Kier alpha value is -0.940. The summed E-state index contributed by atoms with van der Waals surface area (Å²) in [5.41, 5.74) is 6.60. The molecule has 0 atom stereocenters. The average molecular weight is 270 g/mol. The summed E-state index contributed by atoms with van der Waals surface area (Å²) < 4.78 is 0.776. The van der Waals surface area contributed by atoms with Gasteiger partial charge in [0, 0.05) is 0 Å². The Morgan fingerprint density at radius 1 is 1.43 bits per heavy atom. The molecule has 0 saturated carbocycles. The van der Waals surface area contributed by atoms with Gasteiger partial charge < -0.3 is 5.73 Å². The number of halogens is 1. The number of nitrogens with two attached hydrogens (primary N) is 1. The highest BCUT2D eigenvalue weighted by atomic mass is 79.9. The normalized spacial score (nSPS) is 10.4. The van der Waals surface area contributed by atoms with Crippen LogP contribution in [0.2, 0.25) is 0 Å². The molecule has 0 amide bonds. The molecule has 3 nitrogen and oxygen atoms in total. The van der Waals surface area contributed by atoms with E-state index < -0.39 is 0 Å². The molecule has 2 N–H and O–H groups in total. The van der Waals surface area contributed by atoms with Crippen LogP contribution in [-0.2, 0) is 0 Å². The zero-order valence-electron chi connectivity index (χ0n) is 7.49. The molecule has 0 aliphatic heterocycles. The van der Waals surface area contributed by atoms with Crippen molar-refractivity contribution in [1.82, 2.24) is 9.97 Å². The van der Waals surface area contributed by atoms with Gasteiger partial charge in [0.15, 0.2) is 5.82 Å². The van der Waals surface area contributed by atoms with Gasteiger partial charge in [0.05, 0.1) is 15.0 Å². The van der Waals surface area contributed by atoms with Gasteiger partial charge >= 0.3 is 0 Å². The number of thiophene rings is 1. The first-order valence-electron chi connectivity index (χ1n) is 4.02. The van der Waals surface area contributed by atoms with Crippen molar-refractivity contribution in [1.29, 1.82) is 0 Å². The predicted molar refractivity (Wildman–Crippen MR) is 62.2 cm³/mol. The number of anilines is 1. The fourth-order valence-electron chi connectivity index (χ4n) is 1.10. The van der Waals surface area contributed by atoms with Gasteiger partial charge in [-0.3, -0.25) is 0 Å². The van der Waals surface area contributed by atoms with Crippen molar-refractivity contribution in [2.45, 2.75) is 6.92 Å². The minimum Gasteiger partial charge on any atom is -0.383 e. The second-order valence-electron chi connectivity index (χ2n) is 2.81. The Balaban J connectivity index is 2.57. The molecule has 14 heavy (non-hydrogen) atoms. The molecule has 2 aromatic heterocycles. The monoisotopic (exact) mass is 269 g/mol. The Morgan fingerprint density at radius 2 is 2.21 bits per heavy atom. The van der Waals surface area contributed by atoms with Crippen molar-refractivity contribution < 1.29 is 0 Å². The molecule has 2 rings (SSSR count). The van der Waals surface area contributed by atoms with Gasteiger partial charge in [-0.25, -0.2) is 9.97 Å². The van der Waals surface area contributed by atoms with E-state index in [4.69, 9.17) is 5.73 Å². The summed E-state index contributed by atoms with van der Waals surface area (Å²) in [6, 6.07) is 3.95. The van der Waals surface area contributed by atoms with E-state index in [2.05, 4.69) is 25.9 Å². The van der Waals surface area contributed by atoms with Crippen LogP contribution in [0.5, 0.6) is 0 Å². The third kappa shape index (κ3) is 1.65. The van der Waals surface area contributed by atoms with Crippen LogP contribution in [0.25, 0.3) is 10.7 Å². The first-order valence-corrected chi connectivity index (χ1v) is 5.69. The lowest BCUT2D eigenvalue weighted by atomic mass is 10.4. The van der Waals surface area contributed by atoms with Crippen LogP contribution >= 0.6 is 27.3 Å². The third-order valence-corrected chi connectivity index (χ3v) is 3.63. The maximum atomic E-state index is 5.73. The summed E-state index contributed by atoms with van der Waals surface area (Å²) in [4.78, 5) is 9.59. The molecule has 5 heteroatoms. The second-order valence-corrected chi connectivity index (χ2v) is 4.55. The lowest BCUT2D eigenvalue weighted by Crippen LogP contribution is -1.99. The van der Waals surface area contributed by atoms with E-state index in [0.29, 0.717) is 11.6 Å². The van der Waals surface area contributed by atoms with Gasteiger partial charge in [-0.1, -0.05) is 6.07 Å². The molecule has 0 spiro atoms. The van der Waals surface area contributed by atoms with Crippen molar-refractivity contribution >= 4 is 33.1 Å². The van der Waals surface area contributed by atoms with Gasteiger partial charge in [-0.2, -0.15) is 0 Å². The Morgan fingerprint density at radius 3 is 2.79 bits per heavy atom. The predicted octanol–water partition coefficient (Wildman–Crippen LogP) is 2.86. The highest BCUT2D eigenvalue weighted by molar-refractivity contribution is 9.10. The van der Waals surface area contributed by atoms with E-state index in [0.717, 1.165) is 15.0 Å². The Bertz CT molecular complexity index is 430. The SMILES string of the molecule is Cc1nc(-c2cccs2)nc(N)c1Br. The number of hydrogen-bond acceptors (Lipinski definition) is 4. The summed E-state index contributed by atoms with van der Waals surface area (Å²) in [6.45, 7) is 1.90. The molecule has 0 fully saturated rings. The van der Waals surface area contributed by atoms with Gasteiger partial charge in [0.1, 0.15) is 5.82 Å². The highest BCUT2D eigenvalue weighted by Crippen LogP contribution is 2.26. The summed E-state index contributed by atoms with van der Waals surface area (Å²) >= 11 is 4.93. The minimum atomic E-state index is 0.487. The standard InChI is InChI=1S/C9H8BrN3S/c1-5-7(10)8(11)13-9(12-5)6-3-2-4-14-6/h2-4H,1H3,(H2,11,12,13). The zero-order valence-corrected chi connectivity index (χ0v) is 9.89. The Kier molecular flexibility index (Phi) is 2.52. The van der Waals surface area contributed by atoms with Crippen LogP contribution in [0.1, 0.15) is 5.69 Å². The van der Waals surface area contributed by atoms with Crippen molar-refractivity contribution in [2.75, 3.05) is 5.73 Å². The van der Waals surface area contributed by atoms with Crippen LogP contribution in [0.15, 0.2) is 22.0 Å². The van der Waals surface area contributed by atoms with Gasteiger partial charge in [0.2, 0.25) is 0 Å². The van der Waals surface area contributed by atoms with Crippen molar-refractivity contribution in [3.63, 3.8) is 0 Å². The molecular formula is C9H8BrN3S. The average Bonchev–Trinajstić information content (AvgIpc) is 2.66. The summed E-state index contributed by atoms with van der Waals surface area (Å²) in [5, 5.41) is 1.99.